The maximum Gasteiger partial charge on any atom is 0.314 e. The first kappa shape index (κ1) is 144. The van der Waals surface area contributed by atoms with Gasteiger partial charge in [-0.05, 0) is 458 Å². The molecule has 0 bridgehead atoms. The number of ether oxygens (including phenoxy) is 1. The van der Waals surface area contributed by atoms with Crippen LogP contribution < -0.4 is 0 Å². The van der Waals surface area contributed by atoms with Gasteiger partial charge < -0.3 is 132 Å². The molecule has 0 aromatic rings. The van der Waals surface area contributed by atoms with Gasteiger partial charge in [0, 0.05) is 0 Å². The van der Waals surface area contributed by atoms with Crippen LogP contribution in [0, 0.1) is 5.41 Å². The third-order valence-electron chi connectivity index (χ3n) is 17.9. The summed E-state index contributed by atoms with van der Waals surface area (Å²) in [7, 11) is -90.3. The first-order valence-corrected chi connectivity index (χ1v) is 141. The summed E-state index contributed by atoms with van der Waals surface area (Å²) in [6, 6.07) is 0.841. The maximum atomic E-state index is 12.6. The van der Waals surface area contributed by atoms with Crippen LogP contribution in [0.1, 0.15) is 33.6 Å². The molecule has 33 nitrogen and oxygen atoms in total. The van der Waals surface area contributed by atoms with Crippen molar-refractivity contribution in [3.63, 3.8) is 0 Å². The molecule has 0 N–H and O–H groups in total. The SMILES string of the molecule is CCC(C)(C)C(=O)OCCC[Si](C)(C)O[Si](C)(C)O[Si](C)(C)O[Si](C)(C)O[Si](C)(C)O[Si](C)(C)O[Si](C)(C)O[Si](C)(C)O[Si](C)(C)O[Si](C)(C)O[Si](C)(C)O[Si](C)(C)O[Si](C)(C)O[Si](C)(C)O[Si](C)(C)O[Si](C)(C)O[Si](C)(C)O[Si](C)(C)O[Si](C)(C)O[Si](C)(C)O[Si](C)(C)O[Si](C)(C)O[Si](C)(C)O[Si](C)(C)O[Si](C)(C)O[Si](C)(C)O[Si](C)(C)O[Si](C)(C)O[Si](C)(C)O[Si](C)(C)O[Si](C)(C)O[Si](C)(C)C. The lowest BCUT2D eigenvalue weighted by atomic mass is 9.91. The number of carbonyl (C=O) groups is 1. The molecular formula is C74H212O33Si32. The Morgan fingerprint density at radius 2 is 0.252 bits per heavy atom. The molecule has 0 unspecified atom stereocenters. The van der Waals surface area contributed by atoms with E-state index in [1.165, 1.54) is 0 Å². The van der Waals surface area contributed by atoms with E-state index in [2.05, 4.69) is 426 Å². The Hall–Kier alpha value is 5.17. The predicted octanol–water partition coefficient (Wildman–Crippen LogP) is 26.0. The molecule has 0 aliphatic carbocycles. The van der Waals surface area contributed by atoms with Gasteiger partial charge in [0.1, 0.15) is 0 Å². The van der Waals surface area contributed by atoms with E-state index in [0.29, 0.717) is 6.61 Å². The van der Waals surface area contributed by atoms with Gasteiger partial charge in [-0.15, -0.1) is 0 Å². The van der Waals surface area contributed by atoms with Crippen molar-refractivity contribution < 1.29 is 137 Å². The van der Waals surface area contributed by atoms with Crippen molar-refractivity contribution in [3.8, 4) is 0 Å². The van der Waals surface area contributed by atoms with E-state index >= 15 is 0 Å². The number of hydrogen-bond donors (Lipinski definition) is 0. The molecule has 0 spiro atoms. The molecule has 0 aliphatic rings. The van der Waals surface area contributed by atoms with Crippen molar-refractivity contribution in [1.29, 1.82) is 0 Å². The number of esters is 1. The minimum absolute atomic E-state index is 0.161. The van der Waals surface area contributed by atoms with Gasteiger partial charge in [0.15, 0.2) is 16.6 Å². The van der Waals surface area contributed by atoms with Gasteiger partial charge in [0.2, 0.25) is 0 Å². The third-order valence-corrected chi connectivity index (χ3v) is 142. The van der Waals surface area contributed by atoms with Crippen molar-refractivity contribution in [1.82, 2.24) is 0 Å². The fraction of sp³-hybridized carbons (Fsp3) is 0.986. The molecule has 834 valence electrons. The average molecular weight is 2530 g/mol. The van der Waals surface area contributed by atoms with Gasteiger partial charge in [-0.3, -0.25) is 4.79 Å². The van der Waals surface area contributed by atoms with E-state index in [0.717, 1.165) is 18.9 Å². The van der Waals surface area contributed by atoms with Gasteiger partial charge in [0.05, 0.1) is 12.0 Å². The minimum Gasteiger partial charge on any atom is -0.465 e. The minimum atomic E-state index is -2.96. The van der Waals surface area contributed by atoms with Gasteiger partial charge in [-0.25, -0.2) is 0 Å². The lowest BCUT2D eigenvalue weighted by Gasteiger charge is -2.45. The zero-order chi connectivity index (χ0) is 112. The van der Waals surface area contributed by atoms with Crippen molar-refractivity contribution >= 4 is 279 Å². The molecule has 0 aromatic heterocycles. The first-order chi connectivity index (χ1) is 59.6. The van der Waals surface area contributed by atoms with Gasteiger partial charge in [0.25, 0.3) is 0 Å². The Morgan fingerprint density at radius 1 is 0.158 bits per heavy atom. The number of rotatable bonds is 68. The van der Waals surface area contributed by atoms with Gasteiger partial charge in [-0.2, -0.15) is 0 Å². The van der Waals surface area contributed by atoms with E-state index < -0.39 is 279 Å². The van der Waals surface area contributed by atoms with Crippen LogP contribution in [0.15, 0.2) is 0 Å². The molecular weight excluding hydrogens is 2320 g/mol. The lowest BCUT2D eigenvalue weighted by molar-refractivity contribution is -0.154. The van der Waals surface area contributed by atoms with Gasteiger partial charge >= 0.3 is 263 Å². The van der Waals surface area contributed by atoms with E-state index in [-0.39, 0.29) is 5.97 Å². The molecule has 0 saturated carbocycles. The molecule has 0 rings (SSSR count). The molecule has 65 heteroatoms. The highest BCUT2D eigenvalue weighted by Gasteiger charge is 2.59. The summed E-state index contributed by atoms with van der Waals surface area (Å²) in [6.07, 6.45) is 1.47. The van der Waals surface area contributed by atoms with Crippen LogP contribution >= 0.6 is 0 Å². The standard InChI is InChI=1S/C74H212O33Si32/c1-69-74(2,3)73(75)76-71-70-72-109(7,8)78-111(11,12)80-113(15,16)82-115(19,20)84-117(23,24)86-119(27,28)88-121(31,32)90-123(35,36)92-125(39,40)94-127(43,44)96-129(47,48)98-131(51,52)100-133(55,56)102-135(59,60)104-137(63,64)106-139(67,68)107-138(65,66)105-136(61,62)103-134(57,58)101-132(53,54)99-130(49,50)97-128(45,46)95-126(41,42)93-124(37,38)91-122(33,34)89-120(29,30)87-118(25,26)85-116(21,22)83-114(17,18)81-112(13,14)79-110(9,10)77-108(4,5)6/h69-72H2,1-68H3. The Balaban J connectivity index is 5.97. The molecule has 0 radical (unpaired) electrons. The Bertz CT molecular complexity index is 3680. The fourth-order valence-electron chi connectivity index (χ4n) is 20.2. The average Bonchev–Trinajstić information content (AvgIpc) is 0.798. The second kappa shape index (κ2) is 49.3. The zero-order valence-corrected chi connectivity index (χ0v) is 133. The van der Waals surface area contributed by atoms with Crippen LogP contribution in [-0.2, 0) is 137 Å². The zero-order valence-electron chi connectivity index (χ0n) is 101. The lowest BCUT2D eigenvalue weighted by Crippen LogP contribution is -2.63. The van der Waals surface area contributed by atoms with Crippen LogP contribution in [0.5, 0.6) is 0 Å². The van der Waals surface area contributed by atoms with Crippen LogP contribution in [0.4, 0.5) is 0 Å². The molecule has 0 atom stereocenters. The summed E-state index contributed by atoms with van der Waals surface area (Å²) in [6.45, 7) is 141. The fourth-order valence-corrected chi connectivity index (χ4v) is 186. The largest absolute Gasteiger partial charge is 0.465 e. The van der Waals surface area contributed by atoms with Crippen molar-refractivity contribution in [2.75, 3.05) is 6.61 Å². The smallest absolute Gasteiger partial charge is 0.314 e. The normalized spacial score (nSPS) is 16.1. The summed E-state index contributed by atoms with van der Waals surface area (Å²) in [5, 5.41) is 0. The molecule has 0 saturated heterocycles. The molecule has 139 heavy (non-hydrogen) atoms. The summed E-state index contributed by atoms with van der Waals surface area (Å²) < 4.78 is 222. The third kappa shape index (κ3) is 65.8. The van der Waals surface area contributed by atoms with E-state index in [4.69, 9.17) is 132 Å². The maximum absolute atomic E-state index is 12.6. The van der Waals surface area contributed by atoms with Crippen molar-refractivity contribution in [2.45, 2.75) is 465 Å². The number of carbonyl (C=O) groups excluding carboxylic acids is 1. The highest BCUT2D eigenvalue weighted by molar-refractivity contribution is 7.00. The van der Waals surface area contributed by atoms with E-state index in [1.54, 1.807) is 0 Å². The topological polar surface area (TPSA) is 312 Å². The van der Waals surface area contributed by atoms with Gasteiger partial charge in [-0.1, -0.05) is 6.92 Å². The second-order valence-electron chi connectivity index (χ2n) is 52.5. The Kier molecular flexibility index (Phi) is 51.2. The van der Waals surface area contributed by atoms with Crippen LogP contribution in [-0.4, -0.2) is 286 Å². The summed E-state index contributed by atoms with van der Waals surface area (Å²) in [5.41, 5.74) is -0.494. The highest BCUT2D eigenvalue weighted by atomic mass is 28.6. The molecule has 0 aromatic carbocycles. The van der Waals surface area contributed by atoms with Crippen molar-refractivity contribution in [3.05, 3.63) is 0 Å². The monoisotopic (exact) mass is 2520 g/mol. The highest BCUT2D eigenvalue weighted by Crippen LogP contribution is 2.40. The summed E-state index contributed by atoms with van der Waals surface area (Å²) in [4.78, 5) is 12.6. The first-order valence-electron chi connectivity index (χ1n) is 49.5. The van der Waals surface area contributed by atoms with Crippen molar-refractivity contribution in [2.24, 2.45) is 5.41 Å². The number of hydrogen-bond acceptors (Lipinski definition) is 33. The Labute approximate surface area is 885 Å². The molecule has 0 aliphatic heterocycles. The van der Waals surface area contributed by atoms with Crippen LogP contribution in [0.3, 0.4) is 0 Å². The van der Waals surface area contributed by atoms with E-state index in [9.17, 15) is 4.79 Å². The second-order valence-corrected chi connectivity index (χ2v) is 170. The molecule has 0 heterocycles. The Morgan fingerprint density at radius 3 is 0.345 bits per heavy atom. The summed E-state index contributed by atoms with van der Waals surface area (Å²) in [5.74, 6) is -0.161. The predicted molar refractivity (Wildman–Crippen MR) is 643 cm³/mol. The van der Waals surface area contributed by atoms with Crippen LogP contribution in [0.25, 0.3) is 0 Å². The molecule has 0 amide bonds. The summed E-state index contributed by atoms with van der Waals surface area (Å²) >= 11 is 0. The quantitative estimate of drug-likeness (QED) is 0.0310. The van der Waals surface area contributed by atoms with Crippen LogP contribution in [0.2, 0.25) is 432 Å². The van der Waals surface area contributed by atoms with E-state index in [1.807, 2.05) is 20.8 Å². The molecule has 0 fully saturated rings.